The van der Waals surface area contributed by atoms with Gasteiger partial charge >= 0.3 is 5.97 Å². The first-order chi connectivity index (χ1) is 10.9. The Kier molecular flexibility index (Phi) is 5.00. The number of amides is 1. The number of nitrogens with zero attached hydrogens (tertiary/aromatic N) is 1. The molecule has 122 valence electrons. The van der Waals surface area contributed by atoms with Crippen molar-refractivity contribution in [2.75, 3.05) is 12.4 Å². The molecule has 2 atom stereocenters. The van der Waals surface area contributed by atoms with Gasteiger partial charge in [-0.2, -0.15) is 0 Å². The zero-order chi connectivity index (χ0) is 17.0. The number of aromatic nitrogens is 1. The standard InChI is InChI=1S/C16H18N2O5/c1-9-8-13(18-23-9)17-15(19)10(2)14(16(20)21)11-4-6-12(22-3)7-5-11/h4-8,10,14H,1-3H3,(H,20,21)(H,17,18,19). The van der Waals surface area contributed by atoms with Gasteiger partial charge in [-0.25, -0.2) is 0 Å². The molecule has 2 aromatic rings. The number of anilines is 1. The van der Waals surface area contributed by atoms with Crippen LogP contribution in [-0.2, 0) is 9.59 Å². The lowest BCUT2D eigenvalue weighted by Gasteiger charge is -2.19. The van der Waals surface area contributed by atoms with Gasteiger partial charge in [0.2, 0.25) is 5.91 Å². The lowest BCUT2D eigenvalue weighted by atomic mass is 9.86. The number of aliphatic carboxylic acids is 1. The number of carbonyl (C=O) groups is 2. The molecule has 2 rings (SSSR count). The number of nitrogens with one attached hydrogen (secondary N) is 1. The van der Waals surface area contributed by atoms with Crippen molar-refractivity contribution in [2.24, 2.45) is 5.92 Å². The maximum atomic E-state index is 12.3. The summed E-state index contributed by atoms with van der Waals surface area (Å²) in [5.41, 5.74) is 0.525. The van der Waals surface area contributed by atoms with Crippen molar-refractivity contribution in [1.29, 1.82) is 0 Å². The number of carboxylic acid groups (broad SMARTS) is 1. The number of carbonyl (C=O) groups excluding carboxylic acids is 1. The van der Waals surface area contributed by atoms with E-state index in [1.54, 1.807) is 44.2 Å². The molecule has 0 aliphatic rings. The van der Waals surface area contributed by atoms with E-state index in [9.17, 15) is 14.7 Å². The molecule has 7 nitrogen and oxygen atoms in total. The Balaban J connectivity index is 2.18. The van der Waals surface area contributed by atoms with Crippen molar-refractivity contribution in [3.8, 4) is 5.75 Å². The third kappa shape index (κ3) is 3.88. The maximum absolute atomic E-state index is 12.3. The summed E-state index contributed by atoms with van der Waals surface area (Å²) in [6, 6.07) is 8.17. The van der Waals surface area contributed by atoms with Crippen LogP contribution in [0.3, 0.4) is 0 Å². The molecule has 0 spiro atoms. The highest BCUT2D eigenvalue weighted by Crippen LogP contribution is 2.28. The second-order valence-corrected chi connectivity index (χ2v) is 5.19. The fraction of sp³-hybridized carbons (Fsp3) is 0.312. The number of methoxy groups -OCH3 is 1. The van der Waals surface area contributed by atoms with Crippen molar-refractivity contribution in [3.05, 3.63) is 41.7 Å². The molecule has 0 saturated carbocycles. The van der Waals surface area contributed by atoms with E-state index >= 15 is 0 Å². The molecule has 0 saturated heterocycles. The Morgan fingerprint density at radius 1 is 1.30 bits per heavy atom. The van der Waals surface area contributed by atoms with Gasteiger partial charge in [-0.15, -0.1) is 0 Å². The van der Waals surface area contributed by atoms with E-state index in [0.717, 1.165) is 0 Å². The van der Waals surface area contributed by atoms with E-state index in [-0.39, 0.29) is 5.82 Å². The predicted molar refractivity (Wildman–Crippen MR) is 82.4 cm³/mol. The van der Waals surface area contributed by atoms with Gasteiger partial charge in [0.15, 0.2) is 5.82 Å². The molecule has 0 bridgehead atoms. The van der Waals surface area contributed by atoms with E-state index in [4.69, 9.17) is 9.26 Å². The average molecular weight is 318 g/mol. The molecular weight excluding hydrogens is 300 g/mol. The van der Waals surface area contributed by atoms with Gasteiger partial charge in [0.05, 0.1) is 18.9 Å². The molecular formula is C16H18N2O5. The van der Waals surface area contributed by atoms with E-state index < -0.39 is 23.7 Å². The second-order valence-electron chi connectivity index (χ2n) is 5.19. The van der Waals surface area contributed by atoms with Crippen molar-refractivity contribution in [1.82, 2.24) is 5.16 Å². The summed E-state index contributed by atoms with van der Waals surface area (Å²) in [4.78, 5) is 23.9. The minimum Gasteiger partial charge on any atom is -0.497 e. The highest BCUT2D eigenvalue weighted by molar-refractivity contribution is 5.95. The fourth-order valence-electron chi connectivity index (χ4n) is 2.27. The normalized spacial score (nSPS) is 13.2. The van der Waals surface area contributed by atoms with Gasteiger partial charge in [-0.1, -0.05) is 24.2 Å². The summed E-state index contributed by atoms with van der Waals surface area (Å²) in [7, 11) is 1.53. The summed E-state index contributed by atoms with van der Waals surface area (Å²) >= 11 is 0. The molecule has 0 radical (unpaired) electrons. The summed E-state index contributed by atoms with van der Waals surface area (Å²) in [5, 5.41) is 15.7. The summed E-state index contributed by atoms with van der Waals surface area (Å²) in [6.07, 6.45) is 0. The molecule has 1 heterocycles. The SMILES string of the molecule is COc1ccc(C(C(=O)O)C(C)C(=O)Nc2cc(C)on2)cc1. The molecule has 7 heteroatoms. The van der Waals surface area contributed by atoms with Gasteiger partial charge in [0.25, 0.3) is 0 Å². The van der Waals surface area contributed by atoms with E-state index in [0.29, 0.717) is 17.1 Å². The first-order valence-electron chi connectivity index (χ1n) is 7.03. The van der Waals surface area contributed by atoms with Gasteiger partial charge < -0.3 is 19.7 Å². The molecule has 2 unspecified atom stereocenters. The Morgan fingerprint density at radius 2 is 1.96 bits per heavy atom. The fourth-order valence-corrected chi connectivity index (χ4v) is 2.27. The molecule has 0 fully saturated rings. The third-order valence-electron chi connectivity index (χ3n) is 3.53. The summed E-state index contributed by atoms with van der Waals surface area (Å²) in [5.74, 6) is -1.85. The summed E-state index contributed by atoms with van der Waals surface area (Å²) in [6.45, 7) is 3.26. The van der Waals surface area contributed by atoms with E-state index in [1.165, 1.54) is 7.11 Å². The molecule has 23 heavy (non-hydrogen) atoms. The first-order valence-corrected chi connectivity index (χ1v) is 7.03. The number of ether oxygens (including phenoxy) is 1. The minimum absolute atomic E-state index is 0.262. The topological polar surface area (TPSA) is 102 Å². The van der Waals surface area contributed by atoms with Crippen LogP contribution in [0.4, 0.5) is 5.82 Å². The highest BCUT2D eigenvalue weighted by Gasteiger charge is 2.32. The lowest BCUT2D eigenvalue weighted by molar-refractivity contribution is -0.142. The van der Waals surface area contributed by atoms with Crippen LogP contribution < -0.4 is 10.1 Å². The molecule has 0 aliphatic heterocycles. The van der Waals surface area contributed by atoms with Gasteiger partial charge in [-0.3, -0.25) is 9.59 Å². The van der Waals surface area contributed by atoms with Crippen molar-refractivity contribution in [3.63, 3.8) is 0 Å². The predicted octanol–water partition coefficient (Wildman–Crippen LogP) is 2.43. The van der Waals surface area contributed by atoms with Gasteiger partial charge in [0.1, 0.15) is 11.5 Å². The van der Waals surface area contributed by atoms with Crippen molar-refractivity contribution < 1.29 is 24.0 Å². The Hall–Kier alpha value is -2.83. The molecule has 1 aromatic carbocycles. The Bertz CT molecular complexity index is 693. The van der Waals surface area contributed by atoms with Crippen LogP contribution in [0.5, 0.6) is 5.75 Å². The van der Waals surface area contributed by atoms with Crippen LogP contribution in [-0.4, -0.2) is 29.2 Å². The van der Waals surface area contributed by atoms with Crippen LogP contribution in [0.2, 0.25) is 0 Å². The highest BCUT2D eigenvalue weighted by atomic mass is 16.5. The van der Waals surface area contributed by atoms with Gasteiger partial charge in [0, 0.05) is 6.07 Å². The van der Waals surface area contributed by atoms with E-state index in [1.807, 2.05) is 0 Å². The smallest absolute Gasteiger partial charge is 0.311 e. The maximum Gasteiger partial charge on any atom is 0.311 e. The minimum atomic E-state index is -1.07. The second kappa shape index (κ2) is 6.95. The summed E-state index contributed by atoms with van der Waals surface area (Å²) < 4.78 is 9.92. The zero-order valence-electron chi connectivity index (χ0n) is 13.1. The number of carboxylic acids is 1. The number of rotatable bonds is 6. The molecule has 2 N–H and O–H groups in total. The largest absolute Gasteiger partial charge is 0.497 e. The average Bonchev–Trinajstić information content (AvgIpc) is 2.92. The van der Waals surface area contributed by atoms with Crippen LogP contribution >= 0.6 is 0 Å². The van der Waals surface area contributed by atoms with Crippen molar-refractivity contribution >= 4 is 17.7 Å². The monoisotopic (exact) mass is 318 g/mol. The lowest BCUT2D eigenvalue weighted by Crippen LogP contribution is -2.30. The van der Waals surface area contributed by atoms with Crippen LogP contribution in [0.1, 0.15) is 24.2 Å². The third-order valence-corrected chi connectivity index (χ3v) is 3.53. The molecule has 1 aromatic heterocycles. The van der Waals surface area contributed by atoms with Crippen LogP contribution in [0, 0.1) is 12.8 Å². The number of aryl methyl sites for hydroxylation is 1. The Labute approximate surface area is 133 Å². The number of hydrogen-bond acceptors (Lipinski definition) is 5. The Morgan fingerprint density at radius 3 is 2.43 bits per heavy atom. The zero-order valence-corrected chi connectivity index (χ0v) is 13.1. The van der Waals surface area contributed by atoms with Crippen LogP contribution in [0.15, 0.2) is 34.9 Å². The van der Waals surface area contributed by atoms with Gasteiger partial charge in [-0.05, 0) is 24.6 Å². The van der Waals surface area contributed by atoms with Crippen molar-refractivity contribution in [2.45, 2.75) is 19.8 Å². The molecule has 1 amide bonds. The quantitative estimate of drug-likeness (QED) is 0.848. The molecule has 0 aliphatic carbocycles. The van der Waals surface area contributed by atoms with E-state index in [2.05, 4.69) is 10.5 Å². The number of hydrogen-bond donors (Lipinski definition) is 2. The number of benzene rings is 1. The van der Waals surface area contributed by atoms with Crippen LogP contribution in [0.25, 0.3) is 0 Å². The first kappa shape index (κ1) is 16.5.